The molecule has 3 aromatic rings. The van der Waals surface area contributed by atoms with Crippen molar-refractivity contribution in [2.24, 2.45) is 0 Å². The summed E-state index contributed by atoms with van der Waals surface area (Å²) in [6.45, 7) is 0. The molecular weight excluding hydrogens is 448 g/mol. The summed E-state index contributed by atoms with van der Waals surface area (Å²) in [5.74, 6) is -6.64. The lowest BCUT2D eigenvalue weighted by Gasteiger charge is -2.13. The zero-order chi connectivity index (χ0) is 25.2. The summed E-state index contributed by atoms with van der Waals surface area (Å²) in [5.41, 5.74) is -1.41. The summed E-state index contributed by atoms with van der Waals surface area (Å²) in [6, 6.07) is 7.91. The van der Waals surface area contributed by atoms with Crippen molar-refractivity contribution in [3.05, 3.63) is 70.8 Å². The predicted molar refractivity (Wildman–Crippen MR) is 116 cm³/mol. The fraction of sp³-hybridized carbons (Fsp3) is 0.0833. The molecule has 3 rings (SSSR count). The fourth-order valence-corrected chi connectivity index (χ4v) is 3.21. The number of methoxy groups -OCH3 is 2. The lowest BCUT2D eigenvalue weighted by Crippen LogP contribution is -2.19. The quantitative estimate of drug-likeness (QED) is 0.286. The number of phenolic OH excluding ortho intramolecular Hbond substituents is 4. The third-order valence-corrected chi connectivity index (χ3v) is 4.75. The van der Waals surface area contributed by atoms with Gasteiger partial charge in [-0.1, -0.05) is 0 Å². The Morgan fingerprint density at radius 2 is 0.824 bits per heavy atom. The molecule has 0 amide bonds. The van der Waals surface area contributed by atoms with Gasteiger partial charge in [0.05, 0.1) is 25.3 Å². The van der Waals surface area contributed by atoms with Crippen LogP contribution in [0.4, 0.5) is 0 Å². The van der Waals surface area contributed by atoms with Crippen molar-refractivity contribution in [2.75, 3.05) is 14.2 Å². The predicted octanol–water partition coefficient (Wildman–Crippen LogP) is 2.66. The average Bonchev–Trinajstić information content (AvgIpc) is 2.79. The molecular formula is C24H18O10. The third kappa shape index (κ3) is 4.65. The molecule has 0 heterocycles. The second-order valence-electron chi connectivity index (χ2n) is 7.05. The minimum absolute atomic E-state index is 0.140. The van der Waals surface area contributed by atoms with E-state index in [4.69, 9.17) is 9.47 Å². The molecule has 0 aliphatic heterocycles. The normalized spacial score (nSPS) is 10.4. The van der Waals surface area contributed by atoms with Gasteiger partial charge in [-0.15, -0.1) is 0 Å². The third-order valence-electron chi connectivity index (χ3n) is 4.75. The van der Waals surface area contributed by atoms with Gasteiger partial charge in [0.25, 0.3) is 0 Å². The molecule has 10 heteroatoms. The van der Waals surface area contributed by atoms with Crippen LogP contribution in [0.3, 0.4) is 0 Å². The Hall–Kier alpha value is -4.86. The van der Waals surface area contributed by atoms with E-state index in [1.807, 2.05) is 0 Å². The van der Waals surface area contributed by atoms with E-state index in [0.29, 0.717) is 0 Å². The summed E-state index contributed by atoms with van der Waals surface area (Å²) in [6.07, 6.45) is 0. The number of ketones is 4. The molecule has 4 N–H and O–H groups in total. The first kappa shape index (κ1) is 23.8. The Morgan fingerprint density at radius 3 is 1.12 bits per heavy atom. The highest BCUT2D eigenvalue weighted by atomic mass is 16.5. The van der Waals surface area contributed by atoms with Crippen LogP contribution in [0.5, 0.6) is 34.5 Å². The molecule has 0 atom stereocenters. The van der Waals surface area contributed by atoms with Crippen LogP contribution in [0, 0.1) is 0 Å². The van der Waals surface area contributed by atoms with Crippen molar-refractivity contribution in [3.63, 3.8) is 0 Å². The van der Waals surface area contributed by atoms with Crippen LogP contribution in [0.2, 0.25) is 0 Å². The Balaban J connectivity index is 2.09. The van der Waals surface area contributed by atoms with Gasteiger partial charge in [-0.05, 0) is 30.3 Å². The molecule has 0 saturated heterocycles. The highest BCUT2D eigenvalue weighted by Crippen LogP contribution is 2.32. The molecule has 0 bridgehead atoms. The number of ether oxygens (including phenoxy) is 2. The Kier molecular flexibility index (Phi) is 6.53. The van der Waals surface area contributed by atoms with Crippen LogP contribution < -0.4 is 9.47 Å². The summed E-state index contributed by atoms with van der Waals surface area (Å²) in [4.78, 5) is 51.3. The number of rotatable bonds is 8. The highest BCUT2D eigenvalue weighted by Gasteiger charge is 2.29. The van der Waals surface area contributed by atoms with Gasteiger partial charge in [0, 0.05) is 29.3 Å². The van der Waals surface area contributed by atoms with Gasteiger partial charge < -0.3 is 29.9 Å². The number of Topliss-reactive ketones (excluding diaryl/α,β-unsaturated/α-hetero) is 4. The smallest absolute Gasteiger partial charge is 0.237 e. The zero-order valence-electron chi connectivity index (χ0n) is 17.9. The molecule has 34 heavy (non-hydrogen) atoms. The summed E-state index contributed by atoms with van der Waals surface area (Å²) in [5, 5.41) is 38.4. The molecule has 0 radical (unpaired) electrons. The number of carbonyl (C=O) groups is 4. The summed E-state index contributed by atoms with van der Waals surface area (Å²) in [7, 11) is 2.41. The van der Waals surface area contributed by atoms with Crippen molar-refractivity contribution in [1.82, 2.24) is 0 Å². The van der Waals surface area contributed by atoms with E-state index in [1.165, 1.54) is 14.2 Å². The standard InChI is InChI=1S/C24H18O10/c1-33-19-10-20(34-2)18(24(32)22(30)12-5-15(27)8-16(28)6-12)9-17(19)23(31)21(29)11-3-13(25)7-14(26)4-11/h3-10,25-28H,1-2H3. The van der Waals surface area contributed by atoms with Crippen molar-refractivity contribution in [1.29, 1.82) is 0 Å². The first-order valence-electron chi connectivity index (χ1n) is 9.55. The molecule has 3 aromatic carbocycles. The van der Waals surface area contributed by atoms with E-state index in [0.717, 1.165) is 48.5 Å². The van der Waals surface area contributed by atoms with E-state index >= 15 is 0 Å². The van der Waals surface area contributed by atoms with Gasteiger partial charge in [0.1, 0.15) is 34.5 Å². The van der Waals surface area contributed by atoms with Gasteiger partial charge in [-0.2, -0.15) is 0 Å². The number of hydrogen-bond donors (Lipinski definition) is 4. The largest absolute Gasteiger partial charge is 0.508 e. The number of hydrogen-bond acceptors (Lipinski definition) is 10. The average molecular weight is 466 g/mol. The van der Waals surface area contributed by atoms with Crippen LogP contribution in [0.15, 0.2) is 48.5 Å². The number of carbonyl (C=O) groups excluding carboxylic acids is 4. The van der Waals surface area contributed by atoms with E-state index in [2.05, 4.69) is 0 Å². The van der Waals surface area contributed by atoms with Crippen LogP contribution in [0.25, 0.3) is 0 Å². The zero-order valence-corrected chi connectivity index (χ0v) is 17.9. The first-order valence-corrected chi connectivity index (χ1v) is 9.55. The minimum Gasteiger partial charge on any atom is -0.508 e. The van der Waals surface area contributed by atoms with Crippen LogP contribution in [0.1, 0.15) is 41.4 Å². The molecule has 0 aliphatic carbocycles. The molecule has 0 spiro atoms. The van der Waals surface area contributed by atoms with E-state index in [9.17, 15) is 39.6 Å². The number of aromatic hydroxyl groups is 4. The maximum absolute atomic E-state index is 13.0. The van der Waals surface area contributed by atoms with Gasteiger partial charge in [0.2, 0.25) is 23.1 Å². The van der Waals surface area contributed by atoms with Gasteiger partial charge >= 0.3 is 0 Å². The second-order valence-corrected chi connectivity index (χ2v) is 7.05. The molecule has 0 fully saturated rings. The summed E-state index contributed by atoms with van der Waals surface area (Å²) < 4.78 is 10.3. The van der Waals surface area contributed by atoms with Gasteiger partial charge in [-0.3, -0.25) is 19.2 Å². The van der Waals surface area contributed by atoms with Crippen molar-refractivity contribution in [3.8, 4) is 34.5 Å². The molecule has 10 nitrogen and oxygen atoms in total. The first-order chi connectivity index (χ1) is 16.0. The lowest BCUT2D eigenvalue weighted by molar-refractivity contribution is 0.0809. The number of phenols is 4. The van der Waals surface area contributed by atoms with Crippen molar-refractivity contribution in [2.45, 2.75) is 0 Å². The Labute approximate surface area is 192 Å². The Bertz CT molecular complexity index is 1200. The molecule has 0 saturated carbocycles. The highest BCUT2D eigenvalue weighted by molar-refractivity contribution is 6.52. The van der Waals surface area contributed by atoms with Crippen molar-refractivity contribution < 1.29 is 49.1 Å². The minimum atomic E-state index is -1.15. The molecule has 0 aliphatic rings. The number of benzene rings is 3. The van der Waals surface area contributed by atoms with Gasteiger partial charge in [0.15, 0.2) is 0 Å². The SMILES string of the molecule is COc1cc(OC)c(C(=O)C(=O)c2cc(O)cc(O)c2)cc1C(=O)C(=O)c1cc(O)cc(O)c1. The van der Waals surface area contributed by atoms with Crippen LogP contribution >= 0.6 is 0 Å². The molecule has 0 aromatic heterocycles. The summed E-state index contributed by atoms with van der Waals surface area (Å²) >= 11 is 0. The van der Waals surface area contributed by atoms with Crippen LogP contribution in [-0.2, 0) is 0 Å². The van der Waals surface area contributed by atoms with E-state index in [1.54, 1.807) is 0 Å². The van der Waals surface area contributed by atoms with Crippen LogP contribution in [-0.4, -0.2) is 57.8 Å². The van der Waals surface area contributed by atoms with E-state index < -0.39 is 46.1 Å². The molecule has 174 valence electrons. The topological polar surface area (TPSA) is 168 Å². The fourth-order valence-electron chi connectivity index (χ4n) is 3.21. The lowest BCUT2D eigenvalue weighted by atomic mass is 9.94. The Morgan fingerprint density at radius 1 is 0.500 bits per heavy atom. The maximum atomic E-state index is 13.0. The van der Waals surface area contributed by atoms with E-state index in [-0.39, 0.29) is 33.8 Å². The van der Waals surface area contributed by atoms with Crippen molar-refractivity contribution >= 4 is 23.1 Å². The van der Waals surface area contributed by atoms with Gasteiger partial charge in [-0.25, -0.2) is 0 Å². The monoisotopic (exact) mass is 466 g/mol. The second kappa shape index (κ2) is 9.33. The molecule has 0 unspecified atom stereocenters. The maximum Gasteiger partial charge on any atom is 0.237 e.